The highest BCUT2D eigenvalue weighted by Gasteiger charge is 2.21. The van der Waals surface area contributed by atoms with E-state index in [1.54, 1.807) is 32.6 Å². The molecular formula is C19H27N3O5S. The van der Waals surface area contributed by atoms with Gasteiger partial charge in [-0.1, -0.05) is 0 Å². The lowest BCUT2D eigenvalue weighted by Crippen LogP contribution is -2.25. The van der Waals surface area contributed by atoms with Crippen LogP contribution in [0.5, 0.6) is 0 Å². The van der Waals surface area contributed by atoms with Crippen molar-refractivity contribution < 1.29 is 23.8 Å². The SMILES string of the molecule is CCOC(=O)c1nc(-c2cc(C(=O)NCCCOC)c(C)n2CCOC)cs1. The number of methoxy groups -OCH3 is 2. The van der Waals surface area contributed by atoms with Gasteiger partial charge in [0.15, 0.2) is 0 Å². The van der Waals surface area contributed by atoms with E-state index in [9.17, 15) is 9.59 Å². The molecule has 0 saturated heterocycles. The van der Waals surface area contributed by atoms with Gasteiger partial charge in [0, 0.05) is 45.0 Å². The highest BCUT2D eigenvalue weighted by molar-refractivity contribution is 7.11. The molecule has 2 rings (SSSR count). The first-order valence-electron chi connectivity index (χ1n) is 9.12. The molecule has 0 atom stereocenters. The number of amides is 1. The fourth-order valence-electron chi connectivity index (χ4n) is 2.75. The quantitative estimate of drug-likeness (QED) is 0.453. The fourth-order valence-corrected chi connectivity index (χ4v) is 3.45. The van der Waals surface area contributed by atoms with E-state index in [4.69, 9.17) is 14.2 Å². The zero-order chi connectivity index (χ0) is 20.5. The number of rotatable bonds is 11. The predicted molar refractivity (Wildman–Crippen MR) is 107 cm³/mol. The van der Waals surface area contributed by atoms with Gasteiger partial charge in [-0.15, -0.1) is 11.3 Å². The lowest BCUT2D eigenvalue weighted by molar-refractivity contribution is 0.0526. The van der Waals surface area contributed by atoms with E-state index in [1.165, 1.54) is 11.3 Å². The number of hydrogen-bond donors (Lipinski definition) is 1. The molecule has 154 valence electrons. The molecule has 0 aliphatic heterocycles. The number of hydrogen-bond acceptors (Lipinski definition) is 7. The number of carbonyl (C=O) groups is 2. The first kappa shape index (κ1) is 22.1. The second-order valence-corrected chi connectivity index (χ2v) is 6.89. The Morgan fingerprint density at radius 2 is 2.00 bits per heavy atom. The van der Waals surface area contributed by atoms with Gasteiger partial charge in [-0.2, -0.15) is 0 Å². The minimum atomic E-state index is -0.443. The van der Waals surface area contributed by atoms with Gasteiger partial charge >= 0.3 is 5.97 Å². The van der Waals surface area contributed by atoms with Gasteiger partial charge in [0.05, 0.1) is 30.2 Å². The molecule has 0 radical (unpaired) electrons. The van der Waals surface area contributed by atoms with E-state index in [2.05, 4.69) is 10.3 Å². The monoisotopic (exact) mass is 409 g/mol. The van der Waals surface area contributed by atoms with Crippen LogP contribution < -0.4 is 5.32 Å². The molecule has 0 bridgehead atoms. The molecule has 8 nitrogen and oxygen atoms in total. The third-order valence-electron chi connectivity index (χ3n) is 4.16. The second kappa shape index (κ2) is 10.9. The summed E-state index contributed by atoms with van der Waals surface area (Å²) >= 11 is 1.22. The number of carbonyl (C=O) groups excluding carboxylic acids is 2. The number of ether oxygens (including phenoxy) is 3. The topological polar surface area (TPSA) is 91.7 Å². The summed E-state index contributed by atoms with van der Waals surface area (Å²) in [6, 6.07) is 1.81. The molecule has 0 unspecified atom stereocenters. The largest absolute Gasteiger partial charge is 0.461 e. The lowest BCUT2D eigenvalue weighted by atomic mass is 10.2. The third kappa shape index (κ3) is 5.40. The average Bonchev–Trinajstić information content (AvgIpc) is 3.29. The Kier molecular flexibility index (Phi) is 8.62. The number of thiazole rings is 1. The van der Waals surface area contributed by atoms with Crippen LogP contribution in [0.3, 0.4) is 0 Å². The normalized spacial score (nSPS) is 10.9. The first-order chi connectivity index (χ1) is 13.5. The number of nitrogens with zero attached hydrogens (tertiary/aromatic N) is 2. The van der Waals surface area contributed by atoms with Gasteiger partial charge in [-0.05, 0) is 26.3 Å². The van der Waals surface area contributed by atoms with Gasteiger partial charge in [-0.25, -0.2) is 9.78 Å². The van der Waals surface area contributed by atoms with E-state index < -0.39 is 5.97 Å². The molecule has 0 aromatic carbocycles. The van der Waals surface area contributed by atoms with Crippen molar-refractivity contribution in [3.63, 3.8) is 0 Å². The Morgan fingerprint density at radius 1 is 1.25 bits per heavy atom. The van der Waals surface area contributed by atoms with E-state index in [0.717, 1.165) is 17.8 Å². The molecule has 2 aromatic heterocycles. The molecule has 28 heavy (non-hydrogen) atoms. The van der Waals surface area contributed by atoms with Gasteiger partial charge in [0.1, 0.15) is 0 Å². The van der Waals surface area contributed by atoms with Crippen molar-refractivity contribution in [3.05, 3.63) is 27.7 Å². The Balaban J connectivity index is 2.29. The molecule has 2 aromatic rings. The average molecular weight is 410 g/mol. The number of aromatic nitrogens is 2. The van der Waals surface area contributed by atoms with Crippen LogP contribution in [0.2, 0.25) is 0 Å². The van der Waals surface area contributed by atoms with Crippen LogP contribution in [0.15, 0.2) is 11.4 Å². The fraction of sp³-hybridized carbons (Fsp3) is 0.526. The second-order valence-electron chi connectivity index (χ2n) is 6.03. The summed E-state index contributed by atoms with van der Waals surface area (Å²) in [6.45, 7) is 6.13. The molecule has 0 saturated carbocycles. The summed E-state index contributed by atoms with van der Waals surface area (Å²) in [4.78, 5) is 28.9. The lowest BCUT2D eigenvalue weighted by Gasteiger charge is -2.10. The molecule has 0 spiro atoms. The Morgan fingerprint density at radius 3 is 2.68 bits per heavy atom. The minimum absolute atomic E-state index is 0.146. The minimum Gasteiger partial charge on any atom is -0.461 e. The third-order valence-corrected chi connectivity index (χ3v) is 4.98. The highest BCUT2D eigenvalue weighted by atomic mass is 32.1. The smallest absolute Gasteiger partial charge is 0.367 e. The number of esters is 1. The van der Waals surface area contributed by atoms with Crippen molar-refractivity contribution in [2.45, 2.75) is 26.8 Å². The van der Waals surface area contributed by atoms with Crippen LogP contribution in [-0.2, 0) is 20.8 Å². The summed E-state index contributed by atoms with van der Waals surface area (Å²) < 4.78 is 17.2. The summed E-state index contributed by atoms with van der Waals surface area (Å²) in [5, 5.41) is 4.99. The van der Waals surface area contributed by atoms with Crippen LogP contribution in [-0.4, -0.2) is 62.0 Å². The maximum absolute atomic E-state index is 12.6. The Labute approximate surface area is 168 Å². The van der Waals surface area contributed by atoms with Crippen LogP contribution in [0.1, 0.15) is 39.2 Å². The zero-order valence-electron chi connectivity index (χ0n) is 16.7. The molecule has 0 aliphatic rings. The van der Waals surface area contributed by atoms with Crippen LogP contribution in [0.4, 0.5) is 0 Å². The molecule has 9 heteroatoms. The Hall–Kier alpha value is -2.23. The Bertz CT molecular complexity index is 800. The van der Waals surface area contributed by atoms with E-state index >= 15 is 0 Å². The summed E-state index contributed by atoms with van der Waals surface area (Å²) in [5.74, 6) is -0.589. The standard InChI is InChI=1S/C19H27N3O5S/c1-5-27-19(24)18-21-15(12-28-18)16-11-14(13(2)22(16)8-10-26-4)17(23)20-7-6-9-25-3/h11-12H,5-10H2,1-4H3,(H,20,23). The van der Waals surface area contributed by atoms with E-state index in [-0.39, 0.29) is 5.91 Å². The summed E-state index contributed by atoms with van der Waals surface area (Å²) in [7, 11) is 3.26. The molecule has 0 aliphatic carbocycles. The van der Waals surface area contributed by atoms with E-state index in [0.29, 0.717) is 49.2 Å². The van der Waals surface area contributed by atoms with Gasteiger partial charge in [-0.3, -0.25) is 4.79 Å². The van der Waals surface area contributed by atoms with Gasteiger partial charge < -0.3 is 24.1 Å². The van der Waals surface area contributed by atoms with Crippen molar-refractivity contribution in [2.24, 2.45) is 0 Å². The zero-order valence-corrected chi connectivity index (χ0v) is 17.6. The van der Waals surface area contributed by atoms with E-state index in [1.807, 2.05) is 11.5 Å². The maximum Gasteiger partial charge on any atom is 0.367 e. The van der Waals surface area contributed by atoms with Crippen LogP contribution in [0.25, 0.3) is 11.4 Å². The first-order valence-corrected chi connectivity index (χ1v) is 10.0. The van der Waals surface area contributed by atoms with Crippen LogP contribution >= 0.6 is 11.3 Å². The molecule has 0 fully saturated rings. The van der Waals surface area contributed by atoms with Crippen molar-refractivity contribution in [2.75, 3.05) is 40.6 Å². The molecule has 2 heterocycles. The highest BCUT2D eigenvalue weighted by Crippen LogP contribution is 2.27. The number of nitrogens with one attached hydrogen (secondary N) is 1. The van der Waals surface area contributed by atoms with Crippen molar-refractivity contribution in [3.8, 4) is 11.4 Å². The molecule has 1 N–H and O–H groups in total. The summed E-state index contributed by atoms with van der Waals surface area (Å²) in [5.41, 5.74) is 2.80. The maximum atomic E-state index is 12.6. The predicted octanol–water partition coefficient (Wildman–Crippen LogP) is 2.51. The van der Waals surface area contributed by atoms with Crippen LogP contribution in [0, 0.1) is 6.92 Å². The molecule has 1 amide bonds. The van der Waals surface area contributed by atoms with Gasteiger partial charge in [0.2, 0.25) is 5.01 Å². The summed E-state index contributed by atoms with van der Waals surface area (Å²) in [6.07, 6.45) is 0.744. The van der Waals surface area contributed by atoms with Crippen molar-refractivity contribution in [1.29, 1.82) is 0 Å². The molecular weight excluding hydrogens is 382 g/mol. The van der Waals surface area contributed by atoms with Crippen molar-refractivity contribution in [1.82, 2.24) is 14.9 Å². The van der Waals surface area contributed by atoms with Gasteiger partial charge in [0.25, 0.3) is 5.91 Å². The van der Waals surface area contributed by atoms with Crippen molar-refractivity contribution >= 4 is 23.2 Å².